The lowest BCUT2D eigenvalue weighted by molar-refractivity contribution is 0.102. The van der Waals surface area contributed by atoms with Crippen LogP contribution in [0.3, 0.4) is 0 Å². The van der Waals surface area contributed by atoms with Crippen molar-refractivity contribution >= 4 is 23.0 Å². The normalized spacial score (nSPS) is 10.2. The van der Waals surface area contributed by atoms with E-state index in [0.29, 0.717) is 23.5 Å². The number of anilines is 3. The fourth-order valence-corrected chi connectivity index (χ4v) is 2.04. The van der Waals surface area contributed by atoms with Crippen molar-refractivity contribution in [1.82, 2.24) is 0 Å². The summed E-state index contributed by atoms with van der Waals surface area (Å²) in [7, 11) is 0. The van der Waals surface area contributed by atoms with Crippen molar-refractivity contribution < 1.29 is 9.53 Å². The van der Waals surface area contributed by atoms with Crippen LogP contribution in [-0.4, -0.2) is 12.5 Å². The lowest BCUT2D eigenvalue weighted by atomic mass is 10.1. The third kappa shape index (κ3) is 3.66. The highest BCUT2D eigenvalue weighted by atomic mass is 16.5. The largest absolute Gasteiger partial charge is 0.494 e. The van der Waals surface area contributed by atoms with E-state index < -0.39 is 0 Å². The maximum absolute atomic E-state index is 12.2. The second kappa shape index (κ2) is 6.17. The molecule has 0 bridgehead atoms. The number of aryl methyl sites for hydroxylation is 1. The molecule has 2 aromatic carbocycles. The van der Waals surface area contributed by atoms with Gasteiger partial charge in [-0.05, 0) is 55.8 Å². The summed E-state index contributed by atoms with van der Waals surface area (Å²) in [5.41, 5.74) is 14.4. The summed E-state index contributed by atoms with van der Waals surface area (Å²) in [4.78, 5) is 12.2. The number of carbonyl (C=O) groups is 1. The Bertz CT molecular complexity index is 648. The second-order valence-corrected chi connectivity index (χ2v) is 4.75. The molecule has 0 fully saturated rings. The molecule has 0 aliphatic heterocycles. The predicted molar refractivity (Wildman–Crippen MR) is 85.6 cm³/mol. The first-order chi connectivity index (χ1) is 9.99. The zero-order valence-corrected chi connectivity index (χ0v) is 12.1. The van der Waals surface area contributed by atoms with Crippen molar-refractivity contribution in [2.24, 2.45) is 0 Å². The predicted octanol–water partition coefficient (Wildman–Crippen LogP) is 2.81. The second-order valence-electron chi connectivity index (χ2n) is 4.75. The van der Waals surface area contributed by atoms with Gasteiger partial charge in [-0.15, -0.1) is 0 Å². The van der Waals surface area contributed by atoms with Crippen LogP contribution < -0.4 is 21.5 Å². The Hall–Kier alpha value is -2.69. The lowest BCUT2D eigenvalue weighted by Crippen LogP contribution is -2.13. The minimum absolute atomic E-state index is 0.249. The monoisotopic (exact) mass is 285 g/mol. The molecule has 0 spiro atoms. The molecule has 0 radical (unpaired) electrons. The first kappa shape index (κ1) is 14.7. The molecule has 0 aliphatic carbocycles. The van der Waals surface area contributed by atoms with Gasteiger partial charge in [0.25, 0.3) is 5.91 Å². The van der Waals surface area contributed by atoms with Crippen LogP contribution in [0.5, 0.6) is 5.75 Å². The first-order valence-electron chi connectivity index (χ1n) is 6.70. The molecule has 0 aromatic heterocycles. The Balaban J connectivity index is 2.19. The number of rotatable bonds is 4. The number of ether oxygens (including phenoxy) is 1. The summed E-state index contributed by atoms with van der Waals surface area (Å²) in [5, 5.41) is 2.84. The van der Waals surface area contributed by atoms with Gasteiger partial charge in [0.1, 0.15) is 5.75 Å². The van der Waals surface area contributed by atoms with Gasteiger partial charge >= 0.3 is 0 Å². The number of nitrogen functional groups attached to an aromatic ring is 2. The van der Waals surface area contributed by atoms with Crippen LogP contribution in [0, 0.1) is 6.92 Å². The zero-order chi connectivity index (χ0) is 15.4. The van der Waals surface area contributed by atoms with Crippen LogP contribution >= 0.6 is 0 Å². The summed E-state index contributed by atoms with van der Waals surface area (Å²) < 4.78 is 5.42. The highest BCUT2D eigenvalue weighted by Gasteiger charge is 2.09. The van der Waals surface area contributed by atoms with E-state index in [-0.39, 0.29) is 5.91 Å². The minimum Gasteiger partial charge on any atom is -0.494 e. The van der Waals surface area contributed by atoms with Gasteiger partial charge in [0, 0.05) is 22.6 Å². The maximum Gasteiger partial charge on any atom is 0.255 e. The van der Waals surface area contributed by atoms with Gasteiger partial charge in [0.15, 0.2) is 0 Å². The Morgan fingerprint density at radius 2 is 1.81 bits per heavy atom. The molecule has 0 atom stereocenters. The smallest absolute Gasteiger partial charge is 0.255 e. The van der Waals surface area contributed by atoms with Gasteiger partial charge in [-0.1, -0.05) is 0 Å². The van der Waals surface area contributed by atoms with E-state index in [1.54, 1.807) is 18.2 Å². The zero-order valence-electron chi connectivity index (χ0n) is 12.1. The molecule has 5 N–H and O–H groups in total. The summed E-state index contributed by atoms with van der Waals surface area (Å²) in [5.74, 6) is 0.530. The number of benzene rings is 2. The summed E-state index contributed by atoms with van der Waals surface area (Å²) in [6.07, 6.45) is 0. The molecule has 0 heterocycles. The molecule has 2 rings (SSSR count). The molecular weight excluding hydrogens is 266 g/mol. The van der Waals surface area contributed by atoms with Gasteiger partial charge in [-0.3, -0.25) is 4.79 Å². The quantitative estimate of drug-likeness (QED) is 0.753. The fraction of sp³-hybridized carbons (Fsp3) is 0.188. The standard InChI is InChI=1S/C16H19N3O2/c1-3-21-14-4-5-15(10(2)6-14)19-16(20)11-7-12(17)9-13(18)8-11/h4-9H,3,17-18H2,1-2H3,(H,19,20). The third-order valence-electron chi connectivity index (χ3n) is 3.00. The molecule has 5 nitrogen and oxygen atoms in total. The van der Waals surface area contributed by atoms with Crippen molar-refractivity contribution in [1.29, 1.82) is 0 Å². The van der Waals surface area contributed by atoms with Gasteiger partial charge in [0.2, 0.25) is 0 Å². The van der Waals surface area contributed by atoms with Crippen molar-refractivity contribution in [2.75, 3.05) is 23.4 Å². The Kier molecular flexibility index (Phi) is 4.33. The van der Waals surface area contributed by atoms with Crippen LogP contribution in [0.15, 0.2) is 36.4 Å². The van der Waals surface area contributed by atoms with Crippen LogP contribution in [0.1, 0.15) is 22.8 Å². The van der Waals surface area contributed by atoms with Crippen LogP contribution in [0.25, 0.3) is 0 Å². The third-order valence-corrected chi connectivity index (χ3v) is 3.00. The Morgan fingerprint density at radius 3 is 2.38 bits per heavy atom. The number of hydrogen-bond donors (Lipinski definition) is 3. The minimum atomic E-state index is -0.249. The number of amides is 1. The van der Waals surface area contributed by atoms with E-state index >= 15 is 0 Å². The van der Waals surface area contributed by atoms with E-state index in [1.807, 2.05) is 32.0 Å². The number of nitrogens with one attached hydrogen (secondary N) is 1. The molecule has 110 valence electrons. The Labute approximate surface area is 123 Å². The SMILES string of the molecule is CCOc1ccc(NC(=O)c2cc(N)cc(N)c2)c(C)c1. The maximum atomic E-state index is 12.2. The molecule has 2 aromatic rings. The molecule has 0 unspecified atom stereocenters. The van der Waals surface area contributed by atoms with Crippen molar-refractivity contribution in [2.45, 2.75) is 13.8 Å². The van der Waals surface area contributed by atoms with Crippen LogP contribution in [-0.2, 0) is 0 Å². The number of nitrogens with two attached hydrogens (primary N) is 2. The van der Waals surface area contributed by atoms with E-state index in [0.717, 1.165) is 17.0 Å². The van der Waals surface area contributed by atoms with Crippen LogP contribution in [0.2, 0.25) is 0 Å². The topological polar surface area (TPSA) is 90.4 Å². The first-order valence-corrected chi connectivity index (χ1v) is 6.70. The van der Waals surface area contributed by atoms with Crippen molar-refractivity contribution in [3.63, 3.8) is 0 Å². The van der Waals surface area contributed by atoms with Gasteiger partial charge in [-0.25, -0.2) is 0 Å². The van der Waals surface area contributed by atoms with Crippen molar-refractivity contribution in [3.8, 4) is 5.75 Å². The van der Waals surface area contributed by atoms with Gasteiger partial charge in [-0.2, -0.15) is 0 Å². The highest BCUT2D eigenvalue weighted by Crippen LogP contribution is 2.22. The van der Waals surface area contributed by atoms with E-state index in [1.165, 1.54) is 0 Å². The van der Waals surface area contributed by atoms with E-state index in [9.17, 15) is 4.79 Å². The lowest BCUT2D eigenvalue weighted by Gasteiger charge is -2.11. The fourth-order valence-electron chi connectivity index (χ4n) is 2.04. The van der Waals surface area contributed by atoms with Gasteiger partial charge < -0.3 is 21.5 Å². The summed E-state index contributed by atoms with van der Waals surface area (Å²) in [6.45, 7) is 4.44. The molecule has 1 amide bonds. The molecule has 21 heavy (non-hydrogen) atoms. The van der Waals surface area contributed by atoms with E-state index in [2.05, 4.69) is 5.32 Å². The highest BCUT2D eigenvalue weighted by molar-refractivity contribution is 6.05. The Morgan fingerprint density at radius 1 is 1.14 bits per heavy atom. The van der Waals surface area contributed by atoms with Crippen molar-refractivity contribution in [3.05, 3.63) is 47.5 Å². The van der Waals surface area contributed by atoms with Crippen LogP contribution in [0.4, 0.5) is 17.1 Å². The van der Waals surface area contributed by atoms with Gasteiger partial charge in [0.05, 0.1) is 6.61 Å². The average molecular weight is 285 g/mol. The molecular formula is C16H19N3O2. The average Bonchev–Trinajstić information content (AvgIpc) is 2.41. The van der Waals surface area contributed by atoms with E-state index in [4.69, 9.17) is 16.2 Å². The summed E-state index contributed by atoms with van der Waals surface area (Å²) in [6, 6.07) is 10.3. The molecule has 5 heteroatoms. The molecule has 0 saturated carbocycles. The number of carbonyl (C=O) groups excluding carboxylic acids is 1. The number of hydrogen-bond acceptors (Lipinski definition) is 4. The summed E-state index contributed by atoms with van der Waals surface area (Å²) >= 11 is 0. The molecule has 0 saturated heterocycles. The molecule has 0 aliphatic rings.